The van der Waals surface area contributed by atoms with Gasteiger partial charge in [0.05, 0.1) is 0 Å². The van der Waals surface area contributed by atoms with E-state index in [2.05, 4.69) is 126 Å². The van der Waals surface area contributed by atoms with Gasteiger partial charge >= 0.3 is 0 Å². The van der Waals surface area contributed by atoms with Crippen molar-refractivity contribution in [2.75, 3.05) is 10.6 Å². The average molecular weight is 483 g/mol. The molecule has 2 nitrogen and oxygen atoms in total. The lowest BCUT2D eigenvalue weighted by atomic mass is 9.94. The Bertz CT molecular complexity index is 1150. The summed E-state index contributed by atoms with van der Waals surface area (Å²) in [5, 5.41) is 7.31. The van der Waals surface area contributed by atoms with Crippen LogP contribution in [-0.2, 0) is 0 Å². The normalized spacial score (nSPS) is 12.4. The second-order valence-corrected chi connectivity index (χ2v) is 10.0. The molecule has 4 rings (SSSR count). The lowest BCUT2D eigenvalue weighted by Crippen LogP contribution is -2.04. The van der Waals surface area contributed by atoms with Crippen molar-refractivity contribution in [2.24, 2.45) is 0 Å². The Balaban J connectivity index is 0.000000429. The predicted octanol–water partition coefficient (Wildman–Crippen LogP) is 10.9. The minimum absolute atomic E-state index is 0.481. The lowest BCUT2D eigenvalue weighted by Gasteiger charge is -2.21. The third kappa shape index (κ3) is 9.41. The summed E-state index contributed by atoms with van der Waals surface area (Å²) in [5.41, 5.74) is 12.5. The maximum absolute atomic E-state index is 3.67. The molecule has 192 valence electrons. The summed E-state index contributed by atoms with van der Waals surface area (Å²) < 4.78 is 0. The van der Waals surface area contributed by atoms with E-state index in [9.17, 15) is 0 Å². The van der Waals surface area contributed by atoms with E-state index in [4.69, 9.17) is 0 Å². The summed E-state index contributed by atoms with van der Waals surface area (Å²) in [7, 11) is 0. The van der Waals surface area contributed by atoms with Crippen LogP contribution in [0.5, 0.6) is 0 Å². The molecule has 0 amide bonds. The van der Waals surface area contributed by atoms with Crippen LogP contribution in [0.25, 0.3) is 0 Å². The molecule has 1 aliphatic rings. The Morgan fingerprint density at radius 1 is 0.778 bits per heavy atom. The van der Waals surface area contributed by atoms with E-state index in [-0.39, 0.29) is 0 Å². The van der Waals surface area contributed by atoms with Gasteiger partial charge in [-0.15, -0.1) is 6.58 Å². The van der Waals surface area contributed by atoms with Crippen LogP contribution < -0.4 is 10.6 Å². The Labute approximate surface area is 220 Å². The monoisotopic (exact) mass is 482 g/mol. The zero-order chi connectivity index (χ0) is 26.7. The molecular weight excluding hydrogens is 436 g/mol. The number of allylic oxidation sites excluding steroid dienone is 2. The number of rotatable bonds is 7. The summed E-state index contributed by atoms with van der Waals surface area (Å²) in [6.07, 6.45) is 4.80. The highest BCUT2D eigenvalue weighted by Gasteiger charge is 2.14. The minimum atomic E-state index is 0.481. The number of anilines is 4. The molecule has 1 fully saturated rings. The molecule has 0 aromatic heterocycles. The standard InChI is InChI=1S/C25H30N2.C5H10.C4H6/c1-6-17(2)21-16-24(26-22-13-9-7-11-18(22)3)20(5)15-25(21)27-23-14-10-8-12-19(23)4;1-4-5(2)3;1-4-2-3-4/h7-17,26-27H,6H2,1-5H3;2,4H2,1,3H3;1-3H2. The molecule has 0 spiro atoms. The summed E-state index contributed by atoms with van der Waals surface area (Å²) in [4.78, 5) is 0. The zero-order valence-electron chi connectivity index (χ0n) is 23.6. The van der Waals surface area contributed by atoms with Crippen molar-refractivity contribution in [2.45, 2.75) is 80.1 Å². The van der Waals surface area contributed by atoms with Gasteiger partial charge in [0.2, 0.25) is 0 Å². The molecule has 0 heterocycles. The fraction of sp³-hybridized carbons (Fsp3) is 0.353. The number of hydrogen-bond acceptors (Lipinski definition) is 2. The van der Waals surface area contributed by atoms with E-state index < -0.39 is 0 Å². The average Bonchev–Trinajstić information content (AvgIpc) is 3.65. The minimum Gasteiger partial charge on any atom is -0.355 e. The van der Waals surface area contributed by atoms with Crippen molar-refractivity contribution in [1.82, 2.24) is 0 Å². The van der Waals surface area contributed by atoms with Crippen LogP contribution >= 0.6 is 0 Å². The Morgan fingerprint density at radius 2 is 1.22 bits per heavy atom. The molecule has 0 aliphatic heterocycles. The first-order chi connectivity index (χ1) is 17.2. The summed E-state index contributed by atoms with van der Waals surface area (Å²) >= 11 is 0. The van der Waals surface area contributed by atoms with Crippen LogP contribution in [0, 0.1) is 20.8 Å². The number of benzene rings is 3. The van der Waals surface area contributed by atoms with E-state index in [1.165, 1.54) is 63.3 Å². The van der Waals surface area contributed by atoms with E-state index in [1.54, 1.807) is 0 Å². The topological polar surface area (TPSA) is 24.1 Å². The van der Waals surface area contributed by atoms with Gasteiger partial charge in [0.1, 0.15) is 0 Å². The Kier molecular flexibility index (Phi) is 11.5. The van der Waals surface area contributed by atoms with Crippen LogP contribution in [0.15, 0.2) is 85.0 Å². The van der Waals surface area contributed by atoms with Gasteiger partial charge in [0.15, 0.2) is 0 Å². The molecule has 2 heteroatoms. The Morgan fingerprint density at radius 3 is 1.61 bits per heavy atom. The number of nitrogens with one attached hydrogen (secondary N) is 2. The van der Waals surface area contributed by atoms with Gasteiger partial charge in [-0.3, -0.25) is 0 Å². The third-order valence-electron chi connectivity index (χ3n) is 6.58. The van der Waals surface area contributed by atoms with Crippen molar-refractivity contribution >= 4 is 22.7 Å². The number of para-hydroxylation sites is 2. The number of aryl methyl sites for hydroxylation is 3. The molecule has 3 aromatic rings. The van der Waals surface area contributed by atoms with Gasteiger partial charge in [0.25, 0.3) is 0 Å². The summed E-state index contributed by atoms with van der Waals surface area (Å²) in [5.74, 6) is 0.481. The van der Waals surface area contributed by atoms with Gasteiger partial charge in [-0.2, -0.15) is 0 Å². The van der Waals surface area contributed by atoms with E-state index >= 15 is 0 Å². The quantitative estimate of drug-likeness (QED) is 0.327. The SMILES string of the molecule is C=C(C)CC.C=C1CC1.CCC(C)c1cc(Nc2ccccc2C)c(C)cc1Nc1ccccc1C. The maximum Gasteiger partial charge on any atom is 0.0423 e. The molecule has 0 radical (unpaired) electrons. The van der Waals surface area contributed by atoms with E-state index in [1.807, 2.05) is 6.92 Å². The van der Waals surface area contributed by atoms with Crippen LogP contribution in [0.3, 0.4) is 0 Å². The van der Waals surface area contributed by atoms with Crippen molar-refractivity contribution in [3.63, 3.8) is 0 Å². The fourth-order valence-electron chi connectivity index (χ4n) is 3.40. The summed E-state index contributed by atoms with van der Waals surface area (Å²) in [6, 6.07) is 21.5. The molecule has 1 unspecified atom stereocenters. The van der Waals surface area contributed by atoms with Gasteiger partial charge in [-0.05, 0) is 106 Å². The molecule has 1 atom stereocenters. The maximum atomic E-state index is 3.67. The van der Waals surface area contributed by atoms with Crippen LogP contribution in [-0.4, -0.2) is 0 Å². The first-order valence-corrected chi connectivity index (χ1v) is 13.3. The lowest BCUT2D eigenvalue weighted by molar-refractivity contribution is 0.735. The van der Waals surface area contributed by atoms with Crippen molar-refractivity contribution in [1.29, 1.82) is 0 Å². The van der Waals surface area contributed by atoms with Crippen molar-refractivity contribution in [3.8, 4) is 0 Å². The van der Waals surface area contributed by atoms with Gasteiger partial charge in [-0.1, -0.05) is 74.9 Å². The first kappa shape index (κ1) is 29.0. The predicted molar refractivity (Wildman–Crippen MR) is 162 cm³/mol. The zero-order valence-corrected chi connectivity index (χ0v) is 23.6. The molecule has 3 aromatic carbocycles. The molecule has 0 saturated heterocycles. The molecule has 0 bridgehead atoms. The highest BCUT2D eigenvalue weighted by molar-refractivity contribution is 5.74. The van der Waals surface area contributed by atoms with E-state index in [0.717, 1.165) is 18.5 Å². The third-order valence-corrected chi connectivity index (χ3v) is 6.58. The fourth-order valence-corrected chi connectivity index (χ4v) is 3.40. The summed E-state index contributed by atoms with van der Waals surface area (Å²) in [6.45, 7) is 22.5. The number of hydrogen-bond donors (Lipinski definition) is 2. The Hall–Kier alpha value is -3.26. The molecule has 1 saturated carbocycles. The largest absolute Gasteiger partial charge is 0.355 e. The second-order valence-electron chi connectivity index (χ2n) is 10.0. The van der Waals surface area contributed by atoms with Crippen molar-refractivity contribution < 1.29 is 0 Å². The first-order valence-electron chi connectivity index (χ1n) is 13.3. The van der Waals surface area contributed by atoms with Crippen LogP contribution in [0.2, 0.25) is 0 Å². The van der Waals surface area contributed by atoms with Gasteiger partial charge < -0.3 is 10.6 Å². The molecule has 1 aliphatic carbocycles. The molecule has 2 N–H and O–H groups in total. The van der Waals surface area contributed by atoms with Gasteiger partial charge in [-0.25, -0.2) is 0 Å². The smallest absolute Gasteiger partial charge is 0.0423 e. The van der Waals surface area contributed by atoms with Crippen LogP contribution in [0.1, 0.15) is 81.5 Å². The molecule has 36 heavy (non-hydrogen) atoms. The van der Waals surface area contributed by atoms with E-state index in [0.29, 0.717) is 5.92 Å². The second kappa shape index (κ2) is 14.3. The highest BCUT2D eigenvalue weighted by atomic mass is 14.9. The van der Waals surface area contributed by atoms with Crippen LogP contribution in [0.4, 0.5) is 22.7 Å². The van der Waals surface area contributed by atoms with Crippen molar-refractivity contribution in [3.05, 3.63) is 107 Å². The van der Waals surface area contributed by atoms with Gasteiger partial charge in [0, 0.05) is 22.7 Å². The highest BCUT2D eigenvalue weighted by Crippen LogP contribution is 2.36. The molecular formula is C34H46N2.